The number of rotatable bonds is 1. The lowest BCUT2D eigenvalue weighted by Gasteiger charge is -2.11. The van der Waals surface area contributed by atoms with Crippen LogP contribution in [0.4, 0.5) is 0 Å². The molecule has 1 aliphatic rings. The first-order valence-corrected chi connectivity index (χ1v) is 8.19. The van der Waals surface area contributed by atoms with E-state index in [-0.39, 0.29) is 0 Å². The van der Waals surface area contributed by atoms with E-state index in [2.05, 4.69) is 36.1 Å². The third-order valence-electron chi connectivity index (χ3n) is 4.07. The van der Waals surface area contributed by atoms with E-state index in [0.717, 1.165) is 17.3 Å². The topological polar surface area (TPSA) is 17.3 Å². The molecule has 0 saturated heterocycles. The molecule has 2 nitrogen and oxygen atoms in total. The Morgan fingerprint density at radius 3 is 3.00 bits per heavy atom. The number of hydrogen-bond donors (Lipinski definition) is 1. The second-order valence-electron chi connectivity index (χ2n) is 5.18. The Morgan fingerprint density at radius 1 is 1.32 bits per heavy atom. The molecule has 0 radical (unpaired) electrons. The maximum atomic E-state index is 4.89. The van der Waals surface area contributed by atoms with Gasteiger partial charge in [-0.1, -0.05) is 6.92 Å². The number of aromatic nitrogens is 2. The van der Waals surface area contributed by atoms with Crippen LogP contribution in [0.1, 0.15) is 36.0 Å². The Hall–Kier alpha value is -1.00. The average molecular weight is 288 g/mol. The molecular weight excluding hydrogens is 272 g/mol. The van der Waals surface area contributed by atoms with Gasteiger partial charge in [-0.15, -0.1) is 24.0 Å². The predicted molar refractivity (Wildman–Crippen MR) is 83.8 cm³/mol. The summed E-state index contributed by atoms with van der Waals surface area (Å²) < 4.78 is 2.22. The molecule has 0 bridgehead atoms. The fraction of sp³-hybridized carbons (Fsp3) is 0.400. The number of hydrogen-bond acceptors (Lipinski definition) is 3. The fourth-order valence-corrected chi connectivity index (χ4v) is 4.78. The highest BCUT2D eigenvalue weighted by molar-refractivity contribution is 7.80. The Kier molecular flexibility index (Phi) is 2.64. The van der Waals surface area contributed by atoms with Crippen molar-refractivity contribution in [2.75, 3.05) is 0 Å². The molecular formula is C15H16N2S2. The minimum atomic E-state index is 0.942. The summed E-state index contributed by atoms with van der Waals surface area (Å²) in [6, 6.07) is 4.29. The number of fused-ring (bicyclic) bond motifs is 5. The molecule has 3 heterocycles. The van der Waals surface area contributed by atoms with Crippen LogP contribution >= 0.6 is 24.0 Å². The maximum absolute atomic E-state index is 4.89. The zero-order valence-corrected chi connectivity index (χ0v) is 12.7. The van der Waals surface area contributed by atoms with Crippen molar-refractivity contribution in [3.63, 3.8) is 0 Å². The average Bonchev–Trinajstić information content (AvgIpc) is 2.98. The molecule has 4 rings (SSSR count). The molecule has 0 aromatic carbocycles. The smallest absolute Gasteiger partial charge is 0.128 e. The van der Waals surface area contributed by atoms with E-state index in [0.29, 0.717) is 0 Å². The first-order chi connectivity index (χ1) is 9.29. The first-order valence-electron chi connectivity index (χ1n) is 6.93. The third kappa shape index (κ3) is 1.59. The van der Waals surface area contributed by atoms with E-state index in [1.165, 1.54) is 41.4 Å². The second kappa shape index (κ2) is 4.25. The summed E-state index contributed by atoms with van der Waals surface area (Å²) in [5, 5.41) is 2.38. The second-order valence-corrected chi connectivity index (χ2v) is 6.73. The van der Waals surface area contributed by atoms with Crippen LogP contribution in [0.25, 0.3) is 15.7 Å². The van der Waals surface area contributed by atoms with Gasteiger partial charge in [0, 0.05) is 16.7 Å². The quantitative estimate of drug-likeness (QED) is 0.662. The largest absolute Gasteiger partial charge is 0.292 e. The van der Waals surface area contributed by atoms with E-state index in [1.807, 2.05) is 11.3 Å². The molecule has 1 aliphatic carbocycles. The van der Waals surface area contributed by atoms with Crippen LogP contribution in [0, 0.1) is 0 Å². The van der Waals surface area contributed by atoms with Crippen molar-refractivity contribution in [3.8, 4) is 0 Å². The first kappa shape index (κ1) is 11.8. The Bertz CT molecular complexity index is 782. The van der Waals surface area contributed by atoms with Crippen molar-refractivity contribution in [1.29, 1.82) is 0 Å². The fourth-order valence-electron chi connectivity index (χ4n) is 3.19. The maximum Gasteiger partial charge on any atom is 0.128 e. The van der Waals surface area contributed by atoms with Crippen LogP contribution in [0.3, 0.4) is 0 Å². The molecule has 0 N–H and O–H groups in total. The molecule has 0 aliphatic heterocycles. The van der Waals surface area contributed by atoms with E-state index in [4.69, 9.17) is 4.98 Å². The van der Waals surface area contributed by atoms with Gasteiger partial charge in [0.15, 0.2) is 0 Å². The van der Waals surface area contributed by atoms with E-state index in [9.17, 15) is 0 Å². The monoisotopic (exact) mass is 288 g/mol. The minimum Gasteiger partial charge on any atom is -0.292 e. The number of thiol groups is 1. The van der Waals surface area contributed by atoms with Crippen molar-refractivity contribution in [1.82, 2.24) is 9.38 Å². The van der Waals surface area contributed by atoms with Crippen molar-refractivity contribution in [2.24, 2.45) is 0 Å². The molecule has 4 heteroatoms. The highest BCUT2D eigenvalue weighted by Gasteiger charge is 2.20. The van der Waals surface area contributed by atoms with Crippen molar-refractivity contribution in [2.45, 2.75) is 44.1 Å². The van der Waals surface area contributed by atoms with Gasteiger partial charge in [0.1, 0.15) is 10.7 Å². The standard InChI is InChI=1S/C15H16N2S2/c1-2-12-16-15-14(10-7-8-13(18)17(10)12)9-5-3-4-6-11(9)19-15/h7-8,18H,2-6H2,1H3. The predicted octanol–water partition coefficient (Wildman–Crippen LogP) is 4.28. The molecule has 0 fully saturated rings. The summed E-state index contributed by atoms with van der Waals surface area (Å²) in [6.45, 7) is 2.16. The molecule has 19 heavy (non-hydrogen) atoms. The van der Waals surface area contributed by atoms with Crippen LogP contribution in [-0.2, 0) is 19.3 Å². The van der Waals surface area contributed by atoms with Crippen LogP contribution in [0.2, 0.25) is 0 Å². The van der Waals surface area contributed by atoms with Gasteiger partial charge in [-0.05, 0) is 43.4 Å². The molecule has 98 valence electrons. The van der Waals surface area contributed by atoms with Gasteiger partial charge in [-0.25, -0.2) is 4.98 Å². The number of aryl methyl sites for hydroxylation is 3. The summed E-state index contributed by atoms with van der Waals surface area (Å²) in [5.41, 5.74) is 2.85. The molecule has 3 aromatic rings. The van der Waals surface area contributed by atoms with Gasteiger partial charge in [-0.3, -0.25) is 4.40 Å². The Morgan fingerprint density at radius 2 is 2.16 bits per heavy atom. The summed E-state index contributed by atoms with van der Waals surface area (Å²) in [7, 11) is 0. The van der Waals surface area contributed by atoms with E-state index >= 15 is 0 Å². The summed E-state index contributed by atoms with van der Waals surface area (Å²) in [4.78, 5) is 7.68. The highest BCUT2D eigenvalue weighted by atomic mass is 32.1. The number of nitrogens with zero attached hydrogens (tertiary/aromatic N) is 2. The van der Waals surface area contributed by atoms with Crippen molar-refractivity contribution in [3.05, 3.63) is 28.4 Å². The van der Waals surface area contributed by atoms with Crippen LogP contribution in [0.15, 0.2) is 17.2 Å². The Balaban J connectivity index is 2.19. The van der Waals surface area contributed by atoms with E-state index < -0.39 is 0 Å². The summed E-state index contributed by atoms with van der Waals surface area (Å²) in [5.74, 6) is 1.12. The number of thiophene rings is 1. The van der Waals surface area contributed by atoms with Gasteiger partial charge >= 0.3 is 0 Å². The molecule has 0 atom stereocenters. The van der Waals surface area contributed by atoms with Gasteiger partial charge < -0.3 is 0 Å². The van der Waals surface area contributed by atoms with E-state index in [1.54, 1.807) is 10.4 Å². The molecule has 0 unspecified atom stereocenters. The minimum absolute atomic E-state index is 0.942. The van der Waals surface area contributed by atoms with Crippen LogP contribution in [0.5, 0.6) is 0 Å². The van der Waals surface area contributed by atoms with Crippen molar-refractivity contribution < 1.29 is 0 Å². The molecule has 3 aromatic heterocycles. The lowest BCUT2D eigenvalue weighted by atomic mass is 9.97. The lowest BCUT2D eigenvalue weighted by Crippen LogP contribution is -2.01. The van der Waals surface area contributed by atoms with Crippen LogP contribution in [-0.4, -0.2) is 9.38 Å². The summed E-state index contributed by atoms with van der Waals surface area (Å²) >= 11 is 6.49. The lowest BCUT2D eigenvalue weighted by molar-refractivity contribution is 0.700. The molecule has 0 amide bonds. The normalized spacial score (nSPS) is 15.3. The molecule has 0 spiro atoms. The van der Waals surface area contributed by atoms with Crippen LogP contribution < -0.4 is 0 Å². The third-order valence-corrected chi connectivity index (χ3v) is 5.61. The van der Waals surface area contributed by atoms with Crippen molar-refractivity contribution >= 4 is 39.7 Å². The summed E-state index contributed by atoms with van der Waals surface area (Å²) in [6.07, 6.45) is 6.03. The Labute approximate surface area is 121 Å². The van der Waals surface area contributed by atoms with Gasteiger partial charge in [0.05, 0.1) is 10.5 Å². The van der Waals surface area contributed by atoms with Gasteiger partial charge in [0.25, 0.3) is 0 Å². The SMILES string of the molecule is CCc1nc2sc3c(c2c2ccc(S)n12)CCCC3. The zero-order chi connectivity index (χ0) is 13.0. The zero-order valence-electron chi connectivity index (χ0n) is 10.9. The molecule has 0 saturated carbocycles. The highest BCUT2D eigenvalue weighted by Crippen LogP contribution is 2.38. The van der Waals surface area contributed by atoms with Gasteiger partial charge in [-0.2, -0.15) is 0 Å². The van der Waals surface area contributed by atoms with Gasteiger partial charge in [0.2, 0.25) is 0 Å².